The highest BCUT2D eigenvalue weighted by Gasteiger charge is 2.43. The molecule has 0 radical (unpaired) electrons. The van der Waals surface area contributed by atoms with Gasteiger partial charge in [-0.25, -0.2) is 0 Å². The first-order chi connectivity index (χ1) is 10.7. The lowest BCUT2D eigenvalue weighted by atomic mass is 9.85. The molecule has 22 heavy (non-hydrogen) atoms. The number of fused-ring (bicyclic) bond motifs is 1. The van der Waals surface area contributed by atoms with Crippen molar-refractivity contribution in [3.63, 3.8) is 0 Å². The Labute approximate surface area is 129 Å². The van der Waals surface area contributed by atoms with Gasteiger partial charge in [0, 0.05) is 5.56 Å². The average molecular weight is 291 g/mol. The first-order valence-electron chi connectivity index (χ1n) is 7.53. The Balaban J connectivity index is 1.93. The number of nitrogens with zero attached hydrogens (tertiary/aromatic N) is 1. The highest BCUT2D eigenvalue weighted by Crippen LogP contribution is 2.46. The maximum atomic E-state index is 11.4. The molecule has 1 aliphatic carbocycles. The van der Waals surface area contributed by atoms with Crippen molar-refractivity contribution >= 4 is 0 Å². The molecule has 1 heterocycles. The van der Waals surface area contributed by atoms with Crippen LogP contribution in [0, 0.1) is 6.92 Å². The van der Waals surface area contributed by atoms with Gasteiger partial charge in [0.15, 0.2) is 5.76 Å². The fraction of sp³-hybridized carbons (Fsp3) is 0.211. The highest BCUT2D eigenvalue weighted by atomic mass is 16.5. The molecule has 0 saturated heterocycles. The Morgan fingerprint density at radius 1 is 1.05 bits per heavy atom. The number of hydrogen-bond donors (Lipinski definition) is 1. The van der Waals surface area contributed by atoms with Crippen molar-refractivity contribution in [3.05, 3.63) is 77.0 Å². The van der Waals surface area contributed by atoms with E-state index in [9.17, 15) is 5.11 Å². The van der Waals surface area contributed by atoms with Gasteiger partial charge in [0.2, 0.25) is 0 Å². The van der Waals surface area contributed by atoms with Gasteiger partial charge in [-0.3, -0.25) is 0 Å². The van der Waals surface area contributed by atoms with Crippen LogP contribution in [-0.2, 0) is 12.0 Å². The minimum atomic E-state index is -1.02. The third kappa shape index (κ3) is 1.82. The van der Waals surface area contributed by atoms with E-state index in [4.69, 9.17) is 4.52 Å². The quantitative estimate of drug-likeness (QED) is 0.780. The summed E-state index contributed by atoms with van der Waals surface area (Å²) in [5, 5.41) is 15.5. The van der Waals surface area contributed by atoms with Gasteiger partial charge in [-0.05, 0) is 30.9 Å². The lowest BCUT2D eigenvalue weighted by Gasteiger charge is -2.24. The number of hydrogen-bond acceptors (Lipinski definition) is 3. The van der Waals surface area contributed by atoms with E-state index in [1.54, 1.807) is 0 Å². The summed E-state index contributed by atoms with van der Waals surface area (Å²) in [5.74, 6) is 0.664. The highest BCUT2D eigenvalue weighted by molar-refractivity contribution is 5.65. The zero-order valence-electron chi connectivity index (χ0n) is 12.4. The number of rotatable bonds is 2. The fourth-order valence-electron chi connectivity index (χ4n) is 3.50. The number of aryl methyl sites for hydroxylation is 2. The second-order valence-electron chi connectivity index (χ2n) is 5.86. The second kappa shape index (κ2) is 4.82. The predicted octanol–water partition coefficient (Wildman–Crippen LogP) is 3.83. The van der Waals surface area contributed by atoms with Gasteiger partial charge in [0.1, 0.15) is 5.60 Å². The van der Waals surface area contributed by atoms with Crippen LogP contribution in [0.4, 0.5) is 0 Å². The Bertz CT molecular complexity index is 822. The Kier molecular flexibility index (Phi) is 2.91. The molecule has 4 rings (SSSR count). The molecule has 1 aromatic heterocycles. The van der Waals surface area contributed by atoms with Crippen molar-refractivity contribution < 1.29 is 9.63 Å². The normalized spacial score (nSPS) is 20.1. The standard InChI is InChI=1S/C19H17NO2/c1-13-17(18(22-20-13)15-8-3-2-4-9-15)19(21)12-11-14-7-5-6-10-16(14)19/h2-10,21H,11-12H2,1H3. The first-order valence-corrected chi connectivity index (χ1v) is 7.53. The van der Waals surface area contributed by atoms with Gasteiger partial charge in [0.05, 0.1) is 11.3 Å². The van der Waals surface area contributed by atoms with E-state index in [2.05, 4.69) is 11.2 Å². The summed E-state index contributed by atoms with van der Waals surface area (Å²) in [6.07, 6.45) is 1.53. The van der Waals surface area contributed by atoms with Crippen LogP contribution in [0.1, 0.15) is 28.8 Å². The topological polar surface area (TPSA) is 46.3 Å². The van der Waals surface area contributed by atoms with Crippen LogP contribution in [0.2, 0.25) is 0 Å². The van der Waals surface area contributed by atoms with Crippen molar-refractivity contribution in [2.24, 2.45) is 0 Å². The summed E-state index contributed by atoms with van der Waals surface area (Å²) in [5.41, 5.74) is 3.63. The number of aliphatic hydroxyl groups is 1. The molecule has 1 aliphatic rings. The maximum absolute atomic E-state index is 11.4. The molecule has 0 saturated carbocycles. The summed E-state index contributed by atoms with van der Waals surface area (Å²) >= 11 is 0. The molecule has 2 aromatic carbocycles. The smallest absolute Gasteiger partial charge is 0.173 e. The second-order valence-corrected chi connectivity index (χ2v) is 5.86. The zero-order valence-corrected chi connectivity index (χ0v) is 12.4. The summed E-state index contributed by atoms with van der Waals surface area (Å²) in [6, 6.07) is 17.9. The van der Waals surface area contributed by atoms with E-state index in [0.29, 0.717) is 12.2 Å². The molecular weight excluding hydrogens is 274 g/mol. The molecule has 1 atom stereocenters. The van der Waals surface area contributed by atoms with E-state index in [1.807, 2.05) is 55.5 Å². The molecule has 0 aliphatic heterocycles. The van der Waals surface area contributed by atoms with Gasteiger partial charge in [-0.1, -0.05) is 59.8 Å². The van der Waals surface area contributed by atoms with Crippen molar-refractivity contribution in [2.75, 3.05) is 0 Å². The van der Waals surface area contributed by atoms with E-state index in [1.165, 1.54) is 5.56 Å². The molecule has 0 spiro atoms. The van der Waals surface area contributed by atoms with Crippen molar-refractivity contribution in [3.8, 4) is 11.3 Å². The summed E-state index contributed by atoms with van der Waals surface area (Å²) < 4.78 is 5.56. The molecule has 1 N–H and O–H groups in total. The minimum absolute atomic E-state index is 0.661. The third-order valence-corrected chi connectivity index (χ3v) is 4.53. The maximum Gasteiger partial charge on any atom is 0.173 e. The fourth-order valence-corrected chi connectivity index (χ4v) is 3.50. The van der Waals surface area contributed by atoms with Gasteiger partial charge in [-0.15, -0.1) is 0 Å². The Hall–Kier alpha value is -2.39. The average Bonchev–Trinajstić information content (AvgIpc) is 3.11. The Morgan fingerprint density at radius 2 is 1.77 bits per heavy atom. The molecule has 3 nitrogen and oxygen atoms in total. The minimum Gasteiger partial charge on any atom is -0.380 e. The molecule has 1 unspecified atom stereocenters. The van der Waals surface area contributed by atoms with Crippen LogP contribution in [-0.4, -0.2) is 10.3 Å². The molecule has 0 amide bonds. The van der Waals surface area contributed by atoms with Crippen LogP contribution in [0.25, 0.3) is 11.3 Å². The lowest BCUT2D eigenvalue weighted by Crippen LogP contribution is -2.25. The van der Waals surface area contributed by atoms with Crippen molar-refractivity contribution in [1.82, 2.24) is 5.16 Å². The monoisotopic (exact) mass is 291 g/mol. The predicted molar refractivity (Wildman–Crippen MR) is 84.4 cm³/mol. The molecule has 110 valence electrons. The number of benzene rings is 2. The van der Waals surface area contributed by atoms with Crippen molar-refractivity contribution in [2.45, 2.75) is 25.4 Å². The molecular formula is C19H17NO2. The SMILES string of the molecule is Cc1noc(-c2ccccc2)c1C1(O)CCc2ccccc21. The molecule has 3 heteroatoms. The third-order valence-electron chi connectivity index (χ3n) is 4.53. The van der Waals surface area contributed by atoms with Gasteiger partial charge in [-0.2, -0.15) is 0 Å². The first kappa shape index (κ1) is 13.3. The summed E-state index contributed by atoms with van der Waals surface area (Å²) in [7, 11) is 0. The van der Waals surface area contributed by atoms with Gasteiger partial charge >= 0.3 is 0 Å². The Morgan fingerprint density at radius 3 is 2.59 bits per heavy atom. The van der Waals surface area contributed by atoms with Crippen LogP contribution in [0.3, 0.4) is 0 Å². The van der Waals surface area contributed by atoms with E-state index >= 15 is 0 Å². The van der Waals surface area contributed by atoms with E-state index < -0.39 is 5.60 Å². The number of aromatic nitrogens is 1. The molecule has 3 aromatic rings. The van der Waals surface area contributed by atoms with Gasteiger partial charge in [0.25, 0.3) is 0 Å². The lowest BCUT2D eigenvalue weighted by molar-refractivity contribution is 0.0824. The van der Waals surface area contributed by atoms with E-state index in [-0.39, 0.29) is 0 Å². The summed E-state index contributed by atoms with van der Waals surface area (Å²) in [6.45, 7) is 1.89. The van der Waals surface area contributed by atoms with Crippen LogP contribution in [0.5, 0.6) is 0 Å². The molecule has 0 fully saturated rings. The van der Waals surface area contributed by atoms with Crippen LogP contribution >= 0.6 is 0 Å². The molecule has 0 bridgehead atoms. The van der Waals surface area contributed by atoms with Crippen LogP contribution < -0.4 is 0 Å². The largest absolute Gasteiger partial charge is 0.380 e. The summed E-state index contributed by atoms with van der Waals surface area (Å²) in [4.78, 5) is 0. The van der Waals surface area contributed by atoms with Crippen LogP contribution in [0.15, 0.2) is 59.1 Å². The van der Waals surface area contributed by atoms with E-state index in [0.717, 1.165) is 28.8 Å². The van der Waals surface area contributed by atoms with Gasteiger partial charge < -0.3 is 9.63 Å². The zero-order chi connectivity index (χ0) is 15.2. The van der Waals surface area contributed by atoms with Crippen molar-refractivity contribution in [1.29, 1.82) is 0 Å².